The molecule has 3 aromatic carbocycles. The van der Waals surface area contributed by atoms with Crippen LogP contribution in [0.3, 0.4) is 0 Å². The Bertz CT molecular complexity index is 797. The second-order valence-corrected chi connectivity index (χ2v) is 5.27. The van der Waals surface area contributed by atoms with Crippen LogP contribution < -0.4 is 0 Å². The topological polar surface area (TPSA) is 34.1 Å². The Kier molecular flexibility index (Phi) is 3.05. The van der Waals surface area contributed by atoms with E-state index in [9.17, 15) is 8.42 Å². The molecular formula is C16H12O2S. The zero-order chi connectivity index (χ0) is 13.2. The van der Waals surface area contributed by atoms with Crippen molar-refractivity contribution >= 4 is 21.5 Å². The van der Waals surface area contributed by atoms with Gasteiger partial charge in [-0.2, -0.15) is 0 Å². The van der Waals surface area contributed by atoms with E-state index >= 15 is 0 Å². The first kappa shape index (κ1) is 11.9. The lowest BCUT2D eigenvalue weighted by molar-refractivity contribution is 0.615. The minimum atomic E-state index is -2.64. The first-order valence-electron chi connectivity index (χ1n) is 5.99. The number of thiol groups is 1. The summed E-state index contributed by atoms with van der Waals surface area (Å²) in [5.74, 6) is 0. The maximum Gasteiger partial charge on any atom is 0.169 e. The highest BCUT2D eigenvalue weighted by molar-refractivity contribution is 7.73. The fourth-order valence-corrected chi connectivity index (χ4v) is 3.10. The van der Waals surface area contributed by atoms with Crippen molar-refractivity contribution in [2.24, 2.45) is 0 Å². The average molecular weight is 268 g/mol. The minimum Gasteiger partial charge on any atom is -0.227 e. The van der Waals surface area contributed by atoms with E-state index in [2.05, 4.69) is 0 Å². The number of hydrogen-bond acceptors (Lipinski definition) is 2. The number of rotatable bonds is 2. The van der Waals surface area contributed by atoms with E-state index < -0.39 is 10.7 Å². The lowest BCUT2D eigenvalue weighted by atomic mass is 10.0. The molecule has 3 aromatic rings. The molecule has 0 aromatic heterocycles. The maximum absolute atomic E-state index is 11.6. The molecule has 3 rings (SSSR count). The Hall–Kier alpha value is -2.13. The molecule has 0 fully saturated rings. The molecule has 0 N–H and O–H groups in total. The van der Waals surface area contributed by atoms with Gasteiger partial charge in [0.2, 0.25) is 0 Å². The van der Waals surface area contributed by atoms with Gasteiger partial charge in [-0.05, 0) is 10.9 Å². The van der Waals surface area contributed by atoms with Crippen molar-refractivity contribution in [3.05, 3.63) is 66.7 Å². The molecule has 0 saturated carbocycles. The van der Waals surface area contributed by atoms with E-state index in [1.54, 1.807) is 0 Å². The van der Waals surface area contributed by atoms with Crippen LogP contribution in [0.2, 0.25) is 0 Å². The molecule has 3 heteroatoms. The molecule has 0 unspecified atom stereocenters. The standard InChI is InChI=1S/C16H12O2S/c17-19(18)16-14-9-5-4-8-13(14)10-11-15(16)12-6-2-1-3-7-12/h1-11,19H. The molecule has 0 spiro atoms. The van der Waals surface area contributed by atoms with Crippen LogP contribution in [0.5, 0.6) is 0 Å². The third-order valence-corrected chi connectivity index (χ3v) is 4.01. The van der Waals surface area contributed by atoms with Gasteiger partial charge in [0.15, 0.2) is 10.7 Å². The quantitative estimate of drug-likeness (QED) is 0.722. The normalized spacial score (nSPS) is 11.0. The summed E-state index contributed by atoms with van der Waals surface area (Å²) in [6.07, 6.45) is 0. The predicted molar refractivity (Wildman–Crippen MR) is 78.0 cm³/mol. The molecule has 0 atom stereocenters. The smallest absolute Gasteiger partial charge is 0.169 e. The molecule has 0 aliphatic rings. The van der Waals surface area contributed by atoms with Crippen LogP contribution in [0.1, 0.15) is 0 Å². The highest BCUT2D eigenvalue weighted by Gasteiger charge is 2.11. The molecule has 0 aliphatic heterocycles. The van der Waals surface area contributed by atoms with Crippen LogP contribution in [0.15, 0.2) is 71.6 Å². The van der Waals surface area contributed by atoms with Gasteiger partial charge in [0.1, 0.15) is 0 Å². The first-order valence-corrected chi connectivity index (χ1v) is 7.16. The summed E-state index contributed by atoms with van der Waals surface area (Å²) in [6.45, 7) is 0. The van der Waals surface area contributed by atoms with Gasteiger partial charge < -0.3 is 0 Å². The Morgan fingerprint density at radius 3 is 2.11 bits per heavy atom. The Labute approximate surface area is 113 Å². The summed E-state index contributed by atoms with van der Waals surface area (Å²) in [6, 6.07) is 21.0. The van der Waals surface area contributed by atoms with Gasteiger partial charge in [0.25, 0.3) is 0 Å². The third-order valence-electron chi connectivity index (χ3n) is 3.17. The molecule has 2 nitrogen and oxygen atoms in total. The van der Waals surface area contributed by atoms with E-state index in [1.165, 1.54) is 0 Å². The summed E-state index contributed by atoms with van der Waals surface area (Å²) in [5.41, 5.74) is 1.68. The second kappa shape index (κ2) is 4.86. The Balaban J connectivity index is 2.40. The summed E-state index contributed by atoms with van der Waals surface area (Å²) >= 11 is 0. The molecular weight excluding hydrogens is 256 g/mol. The summed E-state index contributed by atoms with van der Waals surface area (Å²) < 4.78 is 23.3. The van der Waals surface area contributed by atoms with Gasteiger partial charge >= 0.3 is 0 Å². The second-order valence-electron chi connectivity index (χ2n) is 4.31. The Morgan fingerprint density at radius 1 is 0.684 bits per heavy atom. The van der Waals surface area contributed by atoms with Gasteiger partial charge in [-0.25, -0.2) is 8.42 Å². The van der Waals surface area contributed by atoms with E-state index in [4.69, 9.17) is 0 Å². The van der Waals surface area contributed by atoms with Gasteiger partial charge in [-0.3, -0.25) is 0 Å². The Morgan fingerprint density at radius 2 is 1.37 bits per heavy atom. The maximum atomic E-state index is 11.6. The molecule has 0 aliphatic carbocycles. The van der Waals surface area contributed by atoms with Gasteiger partial charge in [-0.1, -0.05) is 66.7 Å². The molecule has 0 bridgehead atoms. The van der Waals surface area contributed by atoms with Crippen molar-refractivity contribution in [1.82, 2.24) is 0 Å². The van der Waals surface area contributed by atoms with Crippen LogP contribution in [0.4, 0.5) is 0 Å². The molecule has 19 heavy (non-hydrogen) atoms. The van der Waals surface area contributed by atoms with Crippen LogP contribution in [0, 0.1) is 0 Å². The van der Waals surface area contributed by atoms with E-state index in [0.29, 0.717) is 4.90 Å². The average Bonchev–Trinajstić information content (AvgIpc) is 2.46. The zero-order valence-corrected chi connectivity index (χ0v) is 11.0. The fraction of sp³-hybridized carbons (Fsp3) is 0. The minimum absolute atomic E-state index is 0.402. The summed E-state index contributed by atoms with van der Waals surface area (Å²) in [7, 11) is -2.64. The van der Waals surface area contributed by atoms with Crippen LogP contribution >= 0.6 is 0 Å². The number of fused-ring (bicyclic) bond motifs is 1. The largest absolute Gasteiger partial charge is 0.227 e. The van der Waals surface area contributed by atoms with Crippen LogP contribution in [-0.4, -0.2) is 8.42 Å². The van der Waals surface area contributed by atoms with E-state index in [0.717, 1.165) is 21.9 Å². The van der Waals surface area contributed by atoms with Crippen molar-refractivity contribution in [2.75, 3.05) is 0 Å². The zero-order valence-electron chi connectivity index (χ0n) is 10.1. The van der Waals surface area contributed by atoms with Crippen LogP contribution in [-0.2, 0) is 10.7 Å². The van der Waals surface area contributed by atoms with Crippen molar-refractivity contribution in [3.8, 4) is 11.1 Å². The lowest BCUT2D eigenvalue weighted by Gasteiger charge is -2.08. The van der Waals surface area contributed by atoms with Gasteiger partial charge in [-0.15, -0.1) is 0 Å². The molecule has 0 amide bonds. The lowest BCUT2D eigenvalue weighted by Crippen LogP contribution is -1.90. The third kappa shape index (κ3) is 2.13. The number of hydrogen-bond donors (Lipinski definition) is 1. The number of benzene rings is 3. The van der Waals surface area contributed by atoms with Gasteiger partial charge in [0.05, 0.1) is 4.90 Å². The highest BCUT2D eigenvalue weighted by Crippen LogP contribution is 2.31. The van der Waals surface area contributed by atoms with Gasteiger partial charge in [0, 0.05) is 10.9 Å². The van der Waals surface area contributed by atoms with Crippen LogP contribution in [0.25, 0.3) is 21.9 Å². The molecule has 94 valence electrons. The van der Waals surface area contributed by atoms with E-state index in [1.807, 2.05) is 66.7 Å². The predicted octanol–water partition coefficient (Wildman–Crippen LogP) is 3.48. The SMILES string of the molecule is O=[SH](=O)c1c(-c2ccccc2)ccc2ccccc12. The molecule has 0 heterocycles. The van der Waals surface area contributed by atoms with Crippen molar-refractivity contribution in [1.29, 1.82) is 0 Å². The summed E-state index contributed by atoms with van der Waals surface area (Å²) in [5, 5.41) is 1.72. The van der Waals surface area contributed by atoms with Crippen molar-refractivity contribution in [2.45, 2.75) is 4.90 Å². The van der Waals surface area contributed by atoms with Crippen molar-refractivity contribution < 1.29 is 8.42 Å². The fourth-order valence-electron chi connectivity index (χ4n) is 2.30. The molecule has 0 radical (unpaired) electrons. The van der Waals surface area contributed by atoms with E-state index in [-0.39, 0.29) is 0 Å². The van der Waals surface area contributed by atoms with Crippen molar-refractivity contribution in [3.63, 3.8) is 0 Å². The first-order chi connectivity index (χ1) is 9.27. The summed E-state index contributed by atoms with van der Waals surface area (Å²) in [4.78, 5) is 0.402. The highest BCUT2D eigenvalue weighted by atomic mass is 32.2. The monoisotopic (exact) mass is 268 g/mol. The molecule has 0 saturated heterocycles.